The topological polar surface area (TPSA) is 227 Å². The molecule has 4 N–H and O–H groups in total. The first-order valence-electron chi connectivity index (χ1n) is 31.4. The molecule has 4 unspecified atom stereocenters. The maximum Gasteiger partial charge on any atom is 0.586 e. The lowest BCUT2D eigenvalue weighted by atomic mass is 9.84. The lowest BCUT2D eigenvalue weighted by Gasteiger charge is -2.27. The SMILES string of the molecule is CC(C)COc1ccccc1C1CC(=O)Nc2cc3c(cc21)OC(F)(F)O3.CCOc1ccccc1C1CC(=O)Nc2cc3c(cc21)OC(F)(F)O3.COc1ccc(C2CC(=O)Nc3cc4c(cc32)OC(F)(F)O4)cc1.COc1ccccc1C1CC(=O)Nc2cc3c(cc21)OC(F)(F)O3. The number of benzene rings is 8. The summed E-state index contributed by atoms with van der Waals surface area (Å²) in [7, 11) is 3.11. The number of methoxy groups -OCH3 is 2. The van der Waals surface area contributed by atoms with Gasteiger partial charge in [0.2, 0.25) is 23.6 Å². The number of hydrogen-bond donors (Lipinski definition) is 4. The van der Waals surface area contributed by atoms with Gasteiger partial charge in [0.1, 0.15) is 23.0 Å². The normalized spacial score (nSPS) is 20.0. The third-order valence-electron chi connectivity index (χ3n) is 16.9. The summed E-state index contributed by atoms with van der Waals surface area (Å²) in [5.74, 6) is 0.448. The Balaban J connectivity index is 0.000000120. The molecular weight excluding hydrogens is 1330 g/mol. The van der Waals surface area contributed by atoms with Crippen LogP contribution in [0.2, 0.25) is 0 Å². The molecule has 20 nitrogen and oxygen atoms in total. The van der Waals surface area contributed by atoms with Crippen molar-refractivity contribution in [1.82, 2.24) is 0 Å². The summed E-state index contributed by atoms with van der Waals surface area (Å²) in [6.45, 7) is 6.99. The van der Waals surface area contributed by atoms with Crippen molar-refractivity contribution in [3.05, 3.63) is 190 Å². The Hall–Kier alpha value is -11.3. The molecule has 0 saturated heterocycles. The minimum absolute atomic E-state index is 0.0339. The molecule has 0 spiro atoms. The van der Waals surface area contributed by atoms with Crippen LogP contribution >= 0.6 is 0 Å². The van der Waals surface area contributed by atoms with Crippen LogP contribution < -0.4 is 78.1 Å². The van der Waals surface area contributed by atoms with E-state index in [1.165, 1.54) is 48.5 Å². The molecule has 4 atom stereocenters. The number of ether oxygens (including phenoxy) is 12. The lowest BCUT2D eigenvalue weighted by molar-refractivity contribution is -0.287. The van der Waals surface area contributed by atoms with E-state index in [9.17, 15) is 54.3 Å². The summed E-state index contributed by atoms with van der Waals surface area (Å²) in [4.78, 5) is 48.4. The Morgan fingerprint density at radius 1 is 0.380 bits per heavy atom. The molecule has 0 radical (unpaired) electrons. The van der Waals surface area contributed by atoms with Gasteiger partial charge in [-0.3, -0.25) is 19.2 Å². The van der Waals surface area contributed by atoms with Crippen molar-refractivity contribution in [3.63, 3.8) is 0 Å². The zero-order valence-corrected chi connectivity index (χ0v) is 53.5. The molecule has 100 heavy (non-hydrogen) atoms. The molecule has 0 bridgehead atoms. The number of carbonyl (C=O) groups excluding carboxylic acids is 4. The van der Waals surface area contributed by atoms with Crippen LogP contribution in [0.25, 0.3) is 0 Å². The standard InChI is InChI=1S/C20H19F2NO4.C18H15F2NO4.2C17H13F2NO4/c1-11(2)10-25-16-6-4-3-5-12(16)13-8-19(24)23-15-9-18-17(7-14(13)15)26-20(21,22)27-18;1-2-23-14-6-4-3-5-10(14)11-8-17(22)21-13-9-16-15(7-12(11)13)24-18(19,20)25-16;1-22-10-4-2-9(3-5-10)11-7-16(21)20-13-8-15-14(6-12(11)13)23-17(18,19)24-15;1-22-13-5-3-2-4-9(13)10-7-16(21)20-12-8-15-14(6-11(10)12)23-17(18,19)24-15/h3-7,9,11,13H,8,10H2,1-2H3,(H,23,24);3-7,9,11H,2,8H2,1H3,(H,21,22);2-6,8,11H,7H2,1H3,(H,20,21);2-6,8,10H,7H2,1H3,(H,20,21). The third kappa shape index (κ3) is 14.2. The number of nitrogens with one attached hydrogen (secondary N) is 4. The van der Waals surface area contributed by atoms with E-state index >= 15 is 0 Å². The molecule has 0 fully saturated rings. The number of carbonyl (C=O) groups is 4. The quantitative estimate of drug-likeness (QED) is 0.0883. The highest BCUT2D eigenvalue weighted by molar-refractivity contribution is 5.99. The second kappa shape index (κ2) is 26.5. The first kappa shape index (κ1) is 67.3. The van der Waals surface area contributed by atoms with Gasteiger partial charge in [-0.05, 0) is 95.3 Å². The maximum absolute atomic E-state index is 13.4. The summed E-state index contributed by atoms with van der Waals surface area (Å²) in [6.07, 6.45) is -14.0. The van der Waals surface area contributed by atoms with Gasteiger partial charge in [0.05, 0.1) is 27.4 Å². The Morgan fingerprint density at radius 2 is 0.670 bits per heavy atom. The summed E-state index contributed by atoms with van der Waals surface area (Å²) in [6, 6.07) is 41.0. The fourth-order valence-corrected chi connectivity index (χ4v) is 12.8. The molecule has 520 valence electrons. The molecule has 8 aliphatic heterocycles. The molecule has 0 aromatic heterocycles. The molecule has 28 heteroatoms. The van der Waals surface area contributed by atoms with E-state index < -0.39 is 25.2 Å². The van der Waals surface area contributed by atoms with Crippen molar-refractivity contribution in [1.29, 1.82) is 0 Å². The number of anilines is 4. The molecule has 16 rings (SSSR count). The number of fused-ring (bicyclic) bond motifs is 8. The second-order valence-corrected chi connectivity index (χ2v) is 24.2. The van der Waals surface area contributed by atoms with Gasteiger partial charge in [-0.25, -0.2) is 0 Å². The van der Waals surface area contributed by atoms with Crippen LogP contribution in [-0.2, 0) is 19.2 Å². The maximum atomic E-state index is 13.4. The Bertz CT molecular complexity index is 4540. The van der Waals surface area contributed by atoms with Crippen LogP contribution in [0.15, 0.2) is 146 Å². The van der Waals surface area contributed by atoms with Crippen molar-refractivity contribution in [3.8, 4) is 69.0 Å². The van der Waals surface area contributed by atoms with Crippen LogP contribution in [0, 0.1) is 5.92 Å². The zero-order chi connectivity index (χ0) is 70.6. The van der Waals surface area contributed by atoms with E-state index in [4.69, 9.17) is 18.9 Å². The molecule has 8 heterocycles. The van der Waals surface area contributed by atoms with Gasteiger partial charge >= 0.3 is 25.2 Å². The van der Waals surface area contributed by atoms with Crippen molar-refractivity contribution < 1.29 is 111 Å². The van der Waals surface area contributed by atoms with Gasteiger partial charge < -0.3 is 78.1 Å². The number of hydrogen-bond acceptors (Lipinski definition) is 16. The first-order valence-corrected chi connectivity index (χ1v) is 31.4. The van der Waals surface area contributed by atoms with Crippen molar-refractivity contribution in [2.75, 3.05) is 48.7 Å². The summed E-state index contributed by atoms with van der Waals surface area (Å²) >= 11 is 0. The van der Waals surface area contributed by atoms with Gasteiger partial charge in [0.25, 0.3) is 0 Å². The van der Waals surface area contributed by atoms with E-state index in [0.717, 1.165) is 22.3 Å². The van der Waals surface area contributed by atoms with E-state index in [0.29, 0.717) is 87.1 Å². The first-order chi connectivity index (χ1) is 47.7. The fourth-order valence-electron chi connectivity index (χ4n) is 12.8. The summed E-state index contributed by atoms with van der Waals surface area (Å²) < 4.78 is 165. The van der Waals surface area contributed by atoms with Crippen molar-refractivity contribution in [2.45, 2.75) is 95.3 Å². The number of halogens is 8. The van der Waals surface area contributed by atoms with Crippen molar-refractivity contribution in [2.24, 2.45) is 5.92 Å². The van der Waals surface area contributed by atoms with Gasteiger partial charge in [-0.15, -0.1) is 35.1 Å². The van der Waals surface area contributed by atoms with Crippen LogP contribution in [0.1, 0.15) is 115 Å². The van der Waals surface area contributed by atoms with Gasteiger partial charge in [0.15, 0.2) is 46.0 Å². The zero-order valence-electron chi connectivity index (χ0n) is 53.5. The van der Waals surface area contributed by atoms with Crippen LogP contribution in [0.5, 0.6) is 69.0 Å². The van der Waals surface area contributed by atoms with E-state index in [1.54, 1.807) is 32.4 Å². The number of alkyl halides is 8. The lowest BCUT2D eigenvalue weighted by Crippen LogP contribution is -2.25. The third-order valence-corrected chi connectivity index (χ3v) is 16.9. The fraction of sp³-hybridized carbons (Fsp3) is 0.278. The monoisotopic (exact) mass is 1390 g/mol. The molecule has 8 aromatic carbocycles. The predicted octanol–water partition coefficient (Wildman–Crippen LogP) is 15.4. The molecule has 0 saturated carbocycles. The highest BCUT2D eigenvalue weighted by Crippen LogP contribution is 2.54. The van der Waals surface area contributed by atoms with Crippen molar-refractivity contribution >= 4 is 46.4 Å². The van der Waals surface area contributed by atoms with Crippen LogP contribution in [0.4, 0.5) is 57.9 Å². The Labute approximate surface area is 564 Å². The summed E-state index contributed by atoms with van der Waals surface area (Å²) in [5.41, 5.74) is 7.88. The van der Waals surface area contributed by atoms with Gasteiger partial charge in [-0.1, -0.05) is 80.6 Å². The van der Waals surface area contributed by atoms with Crippen LogP contribution in [-0.4, -0.2) is 76.2 Å². The molecular formula is C72H60F8N4O16. The highest BCUT2D eigenvalue weighted by atomic mass is 19.3. The van der Waals surface area contributed by atoms with E-state index in [2.05, 4.69) is 59.2 Å². The van der Waals surface area contributed by atoms with Gasteiger partial charge in [0, 0.05) is 113 Å². The largest absolute Gasteiger partial charge is 0.586 e. The average molecular weight is 1390 g/mol. The number of para-hydroxylation sites is 3. The highest BCUT2D eigenvalue weighted by Gasteiger charge is 2.49. The predicted molar refractivity (Wildman–Crippen MR) is 341 cm³/mol. The number of rotatable bonds is 11. The molecule has 8 aliphatic rings. The second-order valence-electron chi connectivity index (χ2n) is 24.2. The van der Waals surface area contributed by atoms with E-state index in [-0.39, 0.29) is 119 Å². The van der Waals surface area contributed by atoms with E-state index in [1.807, 2.05) is 99.6 Å². The Morgan fingerprint density at radius 3 is 0.990 bits per heavy atom. The number of amides is 4. The average Bonchev–Trinajstić information content (AvgIpc) is 1.48. The minimum Gasteiger partial charge on any atom is -0.497 e. The minimum atomic E-state index is -3.70. The van der Waals surface area contributed by atoms with Gasteiger partial charge in [-0.2, -0.15) is 0 Å². The Kier molecular flexibility index (Phi) is 17.8. The summed E-state index contributed by atoms with van der Waals surface area (Å²) in [5, 5.41) is 10.8. The molecule has 0 aliphatic carbocycles. The smallest absolute Gasteiger partial charge is 0.497 e. The molecule has 8 aromatic rings. The molecule has 4 amide bonds. The van der Waals surface area contributed by atoms with Crippen LogP contribution in [0.3, 0.4) is 0 Å².